The van der Waals surface area contributed by atoms with Gasteiger partial charge in [-0.05, 0) is 17.7 Å². The van der Waals surface area contributed by atoms with Crippen LogP contribution in [0, 0.1) is 0 Å². The van der Waals surface area contributed by atoms with E-state index in [4.69, 9.17) is 10.5 Å². The van der Waals surface area contributed by atoms with Crippen LogP contribution in [0.5, 0.6) is 0 Å². The van der Waals surface area contributed by atoms with Crippen LogP contribution in [0.4, 0.5) is 0 Å². The average Bonchev–Trinajstić information content (AvgIpc) is 2.97. The van der Waals surface area contributed by atoms with Gasteiger partial charge < -0.3 is 10.5 Å². The van der Waals surface area contributed by atoms with Crippen LogP contribution in [-0.4, -0.2) is 38.7 Å². The van der Waals surface area contributed by atoms with Gasteiger partial charge in [-0.2, -0.15) is 0 Å². The molecular weight excluding hydrogens is 330 g/mol. The highest BCUT2D eigenvalue weighted by molar-refractivity contribution is 9.10. The molecule has 6 heteroatoms. The summed E-state index contributed by atoms with van der Waals surface area (Å²) in [6.07, 6.45) is 0. The van der Waals surface area contributed by atoms with Crippen LogP contribution in [0.2, 0.25) is 0 Å². The standard InChI is InChI=1S/C13H18BrNO3S/c1-3-19(16,17)12-11(13(12,15)8-18-2)9-4-6-10(14)7-5-9/h4-7,11-12H,3,8,15H2,1-2H3/t11-,12+,13+/m0/s1. The predicted octanol–water partition coefficient (Wildman–Crippen LogP) is 1.69. The summed E-state index contributed by atoms with van der Waals surface area (Å²) in [6, 6.07) is 7.63. The highest BCUT2D eigenvalue weighted by Gasteiger charge is 2.68. The first kappa shape index (κ1) is 15.0. The third kappa shape index (κ3) is 2.59. The van der Waals surface area contributed by atoms with Crippen molar-refractivity contribution >= 4 is 25.8 Å². The topological polar surface area (TPSA) is 69.4 Å². The molecule has 0 heterocycles. The van der Waals surface area contributed by atoms with Gasteiger partial charge in [0.05, 0.1) is 17.4 Å². The number of hydrogen-bond acceptors (Lipinski definition) is 4. The van der Waals surface area contributed by atoms with Gasteiger partial charge >= 0.3 is 0 Å². The fourth-order valence-electron chi connectivity index (χ4n) is 2.72. The second kappa shape index (κ2) is 5.16. The fourth-order valence-corrected chi connectivity index (χ4v) is 4.97. The van der Waals surface area contributed by atoms with E-state index < -0.39 is 20.6 Å². The van der Waals surface area contributed by atoms with Crippen molar-refractivity contribution in [2.75, 3.05) is 19.5 Å². The first-order valence-corrected chi connectivity index (χ1v) is 8.62. The fraction of sp³-hybridized carbons (Fsp3) is 0.538. The number of halogens is 1. The highest BCUT2D eigenvalue weighted by Crippen LogP contribution is 2.54. The van der Waals surface area contributed by atoms with E-state index in [1.807, 2.05) is 24.3 Å². The molecule has 1 aliphatic rings. The summed E-state index contributed by atoms with van der Waals surface area (Å²) in [7, 11) is -1.64. The number of methoxy groups -OCH3 is 1. The second-order valence-corrected chi connectivity index (χ2v) is 8.27. The third-order valence-electron chi connectivity index (χ3n) is 3.72. The molecule has 0 saturated heterocycles. The Labute approximate surface area is 122 Å². The van der Waals surface area contributed by atoms with Crippen molar-refractivity contribution in [2.45, 2.75) is 23.6 Å². The van der Waals surface area contributed by atoms with Gasteiger partial charge in [-0.3, -0.25) is 0 Å². The Hall–Kier alpha value is -0.430. The molecule has 0 amide bonds. The van der Waals surface area contributed by atoms with Gasteiger partial charge in [0, 0.05) is 23.3 Å². The zero-order valence-electron chi connectivity index (χ0n) is 11.0. The van der Waals surface area contributed by atoms with Crippen LogP contribution in [0.25, 0.3) is 0 Å². The van der Waals surface area contributed by atoms with Gasteiger partial charge in [0.1, 0.15) is 0 Å². The molecule has 3 atom stereocenters. The summed E-state index contributed by atoms with van der Waals surface area (Å²) in [5.41, 5.74) is 6.40. The maximum atomic E-state index is 12.2. The maximum absolute atomic E-state index is 12.2. The molecule has 1 aliphatic carbocycles. The monoisotopic (exact) mass is 347 g/mol. The van der Waals surface area contributed by atoms with Crippen LogP contribution in [-0.2, 0) is 14.6 Å². The van der Waals surface area contributed by atoms with E-state index >= 15 is 0 Å². The zero-order valence-corrected chi connectivity index (χ0v) is 13.4. The molecule has 1 aromatic carbocycles. The molecule has 1 aromatic rings. The molecule has 19 heavy (non-hydrogen) atoms. The van der Waals surface area contributed by atoms with Crippen LogP contribution in [0.1, 0.15) is 18.4 Å². The summed E-state index contributed by atoms with van der Waals surface area (Å²) in [5.74, 6) is -0.0848. The van der Waals surface area contributed by atoms with E-state index in [-0.39, 0.29) is 18.3 Å². The van der Waals surface area contributed by atoms with Crippen molar-refractivity contribution in [1.29, 1.82) is 0 Å². The van der Waals surface area contributed by atoms with Gasteiger partial charge in [0.2, 0.25) is 0 Å². The van der Waals surface area contributed by atoms with Crippen molar-refractivity contribution in [3.63, 3.8) is 0 Å². The van der Waals surface area contributed by atoms with E-state index in [9.17, 15) is 8.42 Å². The maximum Gasteiger partial charge on any atom is 0.155 e. The Morgan fingerprint density at radius 2 is 1.95 bits per heavy atom. The molecule has 106 valence electrons. The van der Waals surface area contributed by atoms with Crippen molar-refractivity contribution in [1.82, 2.24) is 0 Å². The number of hydrogen-bond donors (Lipinski definition) is 1. The average molecular weight is 348 g/mol. The first-order chi connectivity index (χ1) is 8.86. The lowest BCUT2D eigenvalue weighted by Gasteiger charge is -2.10. The van der Waals surface area contributed by atoms with Crippen LogP contribution >= 0.6 is 15.9 Å². The summed E-state index contributed by atoms with van der Waals surface area (Å²) in [5, 5.41) is -0.550. The van der Waals surface area contributed by atoms with Gasteiger partial charge in [0.15, 0.2) is 9.84 Å². The number of nitrogens with two attached hydrogens (primary N) is 1. The molecule has 0 unspecified atom stereocenters. The Morgan fingerprint density at radius 1 is 1.37 bits per heavy atom. The molecule has 0 radical (unpaired) electrons. The summed E-state index contributed by atoms with van der Waals surface area (Å²) < 4.78 is 30.4. The Bertz CT molecular complexity index is 558. The van der Waals surface area contributed by atoms with Crippen molar-refractivity contribution in [3.05, 3.63) is 34.3 Å². The molecule has 0 aromatic heterocycles. The van der Waals surface area contributed by atoms with Crippen molar-refractivity contribution in [2.24, 2.45) is 5.73 Å². The van der Waals surface area contributed by atoms with E-state index in [0.29, 0.717) is 0 Å². The van der Waals surface area contributed by atoms with Crippen LogP contribution in [0.3, 0.4) is 0 Å². The van der Waals surface area contributed by atoms with Crippen LogP contribution in [0.15, 0.2) is 28.7 Å². The highest BCUT2D eigenvalue weighted by atomic mass is 79.9. The molecule has 4 nitrogen and oxygen atoms in total. The Morgan fingerprint density at radius 3 is 2.42 bits per heavy atom. The van der Waals surface area contributed by atoms with E-state index in [1.54, 1.807) is 14.0 Å². The number of sulfone groups is 1. The van der Waals surface area contributed by atoms with Crippen molar-refractivity contribution < 1.29 is 13.2 Å². The number of benzene rings is 1. The Balaban J connectivity index is 2.36. The molecule has 2 rings (SSSR count). The molecule has 1 fully saturated rings. The lowest BCUT2D eigenvalue weighted by atomic mass is 10.1. The molecular formula is C13H18BrNO3S. The minimum absolute atomic E-state index is 0.105. The van der Waals surface area contributed by atoms with E-state index in [1.165, 1.54) is 0 Å². The zero-order chi connectivity index (χ0) is 14.3. The lowest BCUT2D eigenvalue weighted by molar-refractivity contribution is 0.171. The minimum atomic E-state index is -3.18. The summed E-state index contributed by atoms with van der Waals surface area (Å²) in [6.45, 7) is 1.90. The predicted molar refractivity (Wildman–Crippen MR) is 78.9 cm³/mol. The molecule has 0 aliphatic heterocycles. The van der Waals surface area contributed by atoms with E-state index in [2.05, 4.69) is 15.9 Å². The molecule has 1 saturated carbocycles. The summed E-state index contributed by atoms with van der Waals surface area (Å²) >= 11 is 3.37. The van der Waals surface area contributed by atoms with Gasteiger partial charge in [-0.1, -0.05) is 35.0 Å². The molecule has 0 spiro atoms. The summed E-state index contributed by atoms with van der Waals surface area (Å²) in [4.78, 5) is 0. The minimum Gasteiger partial charge on any atom is -0.383 e. The smallest absolute Gasteiger partial charge is 0.155 e. The SMILES string of the molecule is CCS(=O)(=O)[C@@H]1[C@H](c2ccc(Br)cc2)[C@]1(N)COC. The quantitative estimate of drug-likeness (QED) is 0.879. The van der Waals surface area contributed by atoms with Crippen molar-refractivity contribution in [3.8, 4) is 0 Å². The first-order valence-electron chi connectivity index (χ1n) is 6.11. The van der Waals surface area contributed by atoms with Crippen LogP contribution < -0.4 is 5.73 Å². The van der Waals surface area contributed by atoms with E-state index in [0.717, 1.165) is 10.0 Å². The normalized spacial score (nSPS) is 30.3. The molecule has 2 N–H and O–H groups in total. The number of ether oxygens (including phenoxy) is 1. The lowest BCUT2D eigenvalue weighted by Crippen LogP contribution is -2.36. The number of rotatable bonds is 5. The van der Waals surface area contributed by atoms with Gasteiger partial charge in [-0.25, -0.2) is 8.42 Å². The van der Waals surface area contributed by atoms with Gasteiger partial charge in [-0.15, -0.1) is 0 Å². The third-order valence-corrected chi connectivity index (χ3v) is 6.53. The van der Waals surface area contributed by atoms with Gasteiger partial charge in [0.25, 0.3) is 0 Å². The second-order valence-electron chi connectivity index (χ2n) is 4.95. The largest absolute Gasteiger partial charge is 0.383 e. The molecule has 0 bridgehead atoms. The Kier molecular flexibility index (Phi) is 4.07.